The molecule has 0 radical (unpaired) electrons. The third-order valence-corrected chi connectivity index (χ3v) is 8.04. The Labute approximate surface area is 248 Å². The van der Waals surface area contributed by atoms with Crippen LogP contribution in [0, 0.1) is 0 Å². The smallest absolute Gasteiger partial charge is 0.271 e. The summed E-state index contributed by atoms with van der Waals surface area (Å²) in [6.45, 7) is -0.105. The Bertz CT molecular complexity index is 1900. The van der Waals surface area contributed by atoms with Gasteiger partial charge in [-0.1, -0.05) is 100 Å². The molecule has 1 atom stereocenters. The monoisotopic (exact) mass is 621 g/mol. The molecule has 0 saturated carbocycles. The van der Waals surface area contributed by atoms with Crippen molar-refractivity contribution in [3.63, 3.8) is 0 Å². The van der Waals surface area contributed by atoms with Crippen molar-refractivity contribution in [1.82, 2.24) is 4.57 Å². The molecule has 41 heavy (non-hydrogen) atoms. The van der Waals surface area contributed by atoms with Crippen molar-refractivity contribution < 1.29 is 9.53 Å². The largest absolute Gasteiger partial charge is 0.484 e. The van der Waals surface area contributed by atoms with Gasteiger partial charge in [-0.3, -0.25) is 14.2 Å². The van der Waals surface area contributed by atoms with Crippen molar-refractivity contribution in [1.29, 1.82) is 0 Å². The fourth-order valence-corrected chi connectivity index (χ4v) is 5.81. The predicted molar refractivity (Wildman–Crippen MR) is 167 cm³/mol. The van der Waals surface area contributed by atoms with E-state index < -0.39 is 0 Å². The van der Waals surface area contributed by atoms with Gasteiger partial charge in [0.15, 0.2) is 11.4 Å². The maximum atomic E-state index is 13.7. The molecule has 1 aliphatic heterocycles. The van der Waals surface area contributed by atoms with Gasteiger partial charge in [0.2, 0.25) is 0 Å². The minimum absolute atomic E-state index is 0.0945. The molecule has 1 unspecified atom stereocenters. The van der Waals surface area contributed by atoms with Crippen molar-refractivity contribution in [3.8, 4) is 5.75 Å². The minimum atomic E-state index is -0.283. The number of ether oxygens (including phenoxy) is 1. The van der Waals surface area contributed by atoms with Gasteiger partial charge in [-0.15, -0.1) is 0 Å². The first-order valence-electron chi connectivity index (χ1n) is 13.0. The van der Waals surface area contributed by atoms with E-state index >= 15 is 0 Å². The van der Waals surface area contributed by atoms with Crippen molar-refractivity contribution in [2.45, 2.75) is 6.04 Å². The quantitative estimate of drug-likeness (QED) is 0.250. The third-order valence-electron chi connectivity index (χ3n) is 6.53. The van der Waals surface area contributed by atoms with Gasteiger partial charge in [-0.2, -0.15) is 0 Å². The van der Waals surface area contributed by atoms with Crippen LogP contribution in [0.2, 0.25) is 0 Å². The highest BCUT2D eigenvalue weighted by atomic mass is 79.9. The number of carbonyl (C=O) groups is 1. The third kappa shape index (κ3) is 6.14. The fraction of sp³-hybridized carbons (Fsp3) is 0.0606. The lowest BCUT2D eigenvalue weighted by Crippen LogP contribution is -2.36. The van der Waals surface area contributed by atoms with Gasteiger partial charge in [0, 0.05) is 10.2 Å². The molecule has 6 rings (SSSR count). The number of benzene rings is 4. The van der Waals surface area contributed by atoms with Crippen molar-refractivity contribution in [2.24, 2.45) is 4.99 Å². The van der Waals surface area contributed by atoms with Crippen LogP contribution in [0.4, 0.5) is 5.69 Å². The number of amides is 1. The zero-order valence-corrected chi connectivity index (χ0v) is 24.1. The molecule has 4 aromatic carbocycles. The summed E-state index contributed by atoms with van der Waals surface area (Å²) in [5.41, 5.74) is 4.31. The van der Waals surface area contributed by atoms with E-state index in [1.807, 2.05) is 109 Å². The van der Waals surface area contributed by atoms with Crippen molar-refractivity contribution >= 4 is 50.6 Å². The predicted octanol–water partition coefficient (Wildman–Crippen LogP) is 5.78. The van der Waals surface area contributed by atoms with E-state index in [0.717, 1.165) is 32.5 Å². The first-order chi connectivity index (χ1) is 20.0. The van der Waals surface area contributed by atoms with E-state index in [-0.39, 0.29) is 24.1 Å². The number of anilines is 1. The Morgan fingerprint density at radius 3 is 2.32 bits per heavy atom. The molecule has 1 N–H and O–H groups in total. The Morgan fingerprint density at radius 2 is 1.61 bits per heavy atom. The molecule has 202 valence electrons. The molecule has 2 heterocycles. The number of halogens is 1. The molecule has 0 aliphatic carbocycles. The number of carbonyl (C=O) groups excluding carboxylic acids is 1. The van der Waals surface area contributed by atoms with Crippen LogP contribution in [0.5, 0.6) is 5.75 Å². The normalized spacial score (nSPS) is 14.5. The van der Waals surface area contributed by atoms with Crippen LogP contribution in [0.15, 0.2) is 130 Å². The van der Waals surface area contributed by atoms with Crippen LogP contribution >= 0.6 is 27.3 Å². The van der Waals surface area contributed by atoms with Crippen LogP contribution in [0.25, 0.3) is 11.8 Å². The van der Waals surface area contributed by atoms with Gasteiger partial charge < -0.3 is 10.1 Å². The number of aromatic nitrogens is 1. The topological polar surface area (TPSA) is 72.7 Å². The number of rotatable bonds is 7. The summed E-state index contributed by atoms with van der Waals surface area (Å²) in [6.07, 6.45) is 3.91. The highest BCUT2D eigenvalue weighted by Crippen LogP contribution is 2.27. The molecule has 0 saturated heterocycles. The highest BCUT2D eigenvalue weighted by molar-refractivity contribution is 9.10. The van der Waals surface area contributed by atoms with Crippen LogP contribution in [0.3, 0.4) is 0 Å². The maximum Gasteiger partial charge on any atom is 0.271 e. The van der Waals surface area contributed by atoms with E-state index in [2.05, 4.69) is 21.2 Å². The number of allylic oxidation sites excluding steroid dienone is 1. The summed E-state index contributed by atoms with van der Waals surface area (Å²) >= 11 is 4.88. The summed E-state index contributed by atoms with van der Waals surface area (Å²) in [5.74, 6) is 0.325. The van der Waals surface area contributed by atoms with Gasteiger partial charge in [0.25, 0.3) is 11.5 Å². The van der Waals surface area contributed by atoms with Gasteiger partial charge in [-0.05, 0) is 65.2 Å². The Kier molecular flexibility index (Phi) is 7.75. The lowest BCUT2D eigenvalue weighted by molar-refractivity contribution is -0.118. The molecule has 0 fully saturated rings. The number of hydrogen-bond donors (Lipinski definition) is 1. The van der Waals surface area contributed by atoms with Crippen LogP contribution < -0.4 is 24.9 Å². The second-order valence-electron chi connectivity index (χ2n) is 9.37. The number of para-hydroxylation sites is 1. The summed E-state index contributed by atoms with van der Waals surface area (Å²) in [5, 5.41) is 2.80. The summed E-state index contributed by atoms with van der Waals surface area (Å²) in [4.78, 5) is 31.4. The van der Waals surface area contributed by atoms with Gasteiger partial charge in [0.05, 0.1) is 16.3 Å². The number of hydrogen-bond acceptors (Lipinski definition) is 5. The molecule has 8 heteroatoms. The molecular formula is C33H24BrN3O3S. The first kappa shape index (κ1) is 26.7. The van der Waals surface area contributed by atoms with Gasteiger partial charge >= 0.3 is 0 Å². The Hall–Kier alpha value is -4.53. The Balaban J connectivity index is 1.27. The second-order valence-corrected chi connectivity index (χ2v) is 11.3. The average Bonchev–Trinajstić information content (AvgIpc) is 3.32. The second kappa shape index (κ2) is 11.9. The number of nitrogens with one attached hydrogen (secondary N) is 1. The molecule has 6 nitrogen and oxygen atoms in total. The van der Waals surface area contributed by atoms with E-state index in [4.69, 9.17) is 9.73 Å². The number of fused-ring (bicyclic) bond motifs is 1. The maximum absolute atomic E-state index is 13.7. The lowest BCUT2D eigenvalue weighted by atomic mass is 10.0. The minimum Gasteiger partial charge on any atom is -0.484 e. The molecule has 0 spiro atoms. The lowest BCUT2D eigenvalue weighted by Gasteiger charge is -2.19. The molecule has 0 bridgehead atoms. The highest BCUT2D eigenvalue weighted by Gasteiger charge is 2.22. The standard InChI is InChI=1S/C33H24BrN3O3S/c34-25-15-13-24(14-16-25)29-20-28(23-7-3-1-4-8-23)36-33-37(29)32(39)30(41-33)19-22-11-17-27(18-12-22)40-21-31(38)35-26-9-5-2-6-10-26/h1-20,29H,21H2,(H,35,38). The van der Waals surface area contributed by atoms with Crippen molar-refractivity contribution in [3.05, 3.63) is 156 Å². The molecule has 1 aliphatic rings. The zero-order valence-electron chi connectivity index (χ0n) is 21.7. The van der Waals surface area contributed by atoms with E-state index in [1.54, 1.807) is 16.7 Å². The van der Waals surface area contributed by atoms with Crippen LogP contribution in [0.1, 0.15) is 22.7 Å². The molecular weight excluding hydrogens is 598 g/mol. The van der Waals surface area contributed by atoms with E-state index in [0.29, 0.717) is 15.1 Å². The SMILES string of the molecule is O=C(COc1ccc(C=c2sc3n(c2=O)C(c2ccc(Br)cc2)C=C(c2ccccc2)N=3)cc1)Nc1ccccc1. The van der Waals surface area contributed by atoms with Crippen molar-refractivity contribution in [2.75, 3.05) is 11.9 Å². The Morgan fingerprint density at radius 1 is 0.927 bits per heavy atom. The fourth-order valence-electron chi connectivity index (χ4n) is 4.53. The van der Waals surface area contributed by atoms with E-state index in [1.165, 1.54) is 11.3 Å². The molecule has 1 amide bonds. The summed E-state index contributed by atoms with van der Waals surface area (Å²) in [7, 11) is 0. The number of thiazole rings is 1. The summed E-state index contributed by atoms with van der Waals surface area (Å²) < 4.78 is 8.97. The average molecular weight is 623 g/mol. The zero-order chi connectivity index (χ0) is 28.2. The van der Waals surface area contributed by atoms with Crippen LogP contribution in [-0.2, 0) is 4.79 Å². The molecule has 1 aromatic heterocycles. The van der Waals surface area contributed by atoms with Gasteiger partial charge in [0.1, 0.15) is 5.75 Å². The molecule has 5 aromatic rings. The summed E-state index contributed by atoms with van der Waals surface area (Å²) in [6, 6.07) is 34.3. The van der Waals surface area contributed by atoms with E-state index in [9.17, 15) is 9.59 Å². The number of nitrogens with zero attached hydrogens (tertiary/aromatic N) is 2. The van der Waals surface area contributed by atoms with Crippen LogP contribution in [-0.4, -0.2) is 17.1 Å². The first-order valence-corrected chi connectivity index (χ1v) is 14.6. The van der Waals surface area contributed by atoms with Gasteiger partial charge in [-0.25, -0.2) is 4.99 Å².